The zero-order valence-corrected chi connectivity index (χ0v) is 13.2. The number of amides is 1. The monoisotopic (exact) mass is 318 g/mol. The molecular formula is C16H18N2O3S. The van der Waals surface area contributed by atoms with Gasteiger partial charge in [0.1, 0.15) is 13.2 Å². The van der Waals surface area contributed by atoms with Crippen LogP contribution in [0, 0.1) is 0 Å². The van der Waals surface area contributed by atoms with Crippen LogP contribution >= 0.6 is 11.3 Å². The predicted octanol–water partition coefficient (Wildman–Crippen LogP) is 2.91. The standard InChI is InChI=1S/C16H18N2O3S/c1-2-5-18-16(19)14-11(9-22-15(14)17)10-3-4-12-13(8-10)21-7-6-20-12/h3-4,8-9H,2,5-7,17H2,1H3,(H,18,19). The molecular weight excluding hydrogens is 300 g/mol. The molecule has 0 fully saturated rings. The Hall–Kier alpha value is -2.21. The number of thiophene rings is 1. The Bertz CT molecular complexity index is 697. The zero-order chi connectivity index (χ0) is 15.5. The minimum Gasteiger partial charge on any atom is -0.486 e. The van der Waals surface area contributed by atoms with Gasteiger partial charge in [-0.15, -0.1) is 11.3 Å². The topological polar surface area (TPSA) is 73.6 Å². The second-order valence-electron chi connectivity index (χ2n) is 5.00. The summed E-state index contributed by atoms with van der Waals surface area (Å²) in [7, 11) is 0. The maximum Gasteiger partial charge on any atom is 0.254 e. The van der Waals surface area contributed by atoms with E-state index in [4.69, 9.17) is 15.2 Å². The molecule has 1 aromatic carbocycles. The summed E-state index contributed by atoms with van der Waals surface area (Å²) in [6.07, 6.45) is 0.884. The van der Waals surface area contributed by atoms with Gasteiger partial charge in [-0.25, -0.2) is 0 Å². The van der Waals surface area contributed by atoms with Crippen molar-refractivity contribution in [2.45, 2.75) is 13.3 Å². The first kappa shape index (κ1) is 14.7. The third-order valence-corrected chi connectivity index (χ3v) is 4.25. The Morgan fingerprint density at radius 1 is 1.32 bits per heavy atom. The molecule has 116 valence electrons. The van der Waals surface area contributed by atoms with Gasteiger partial charge in [0.25, 0.3) is 5.91 Å². The Kier molecular flexibility index (Phi) is 4.20. The Morgan fingerprint density at radius 2 is 2.09 bits per heavy atom. The molecule has 22 heavy (non-hydrogen) atoms. The fraction of sp³-hybridized carbons (Fsp3) is 0.312. The molecule has 0 unspecified atom stereocenters. The molecule has 3 N–H and O–H groups in total. The summed E-state index contributed by atoms with van der Waals surface area (Å²) in [4.78, 5) is 12.3. The first-order valence-corrected chi connectivity index (χ1v) is 8.14. The van der Waals surface area contributed by atoms with Crippen molar-refractivity contribution >= 4 is 22.2 Å². The summed E-state index contributed by atoms with van der Waals surface area (Å²) in [5.74, 6) is 1.30. The third-order valence-electron chi connectivity index (χ3n) is 3.44. The Labute approximate surface area is 133 Å². The number of hydrogen-bond donors (Lipinski definition) is 2. The van der Waals surface area contributed by atoms with Crippen LogP contribution in [-0.4, -0.2) is 25.7 Å². The lowest BCUT2D eigenvalue weighted by molar-refractivity contribution is 0.0955. The highest BCUT2D eigenvalue weighted by Crippen LogP contribution is 2.39. The van der Waals surface area contributed by atoms with Gasteiger partial charge >= 0.3 is 0 Å². The van der Waals surface area contributed by atoms with E-state index in [2.05, 4.69) is 5.32 Å². The number of rotatable bonds is 4. The average molecular weight is 318 g/mol. The minimum atomic E-state index is -0.134. The lowest BCUT2D eigenvalue weighted by Crippen LogP contribution is -2.24. The largest absolute Gasteiger partial charge is 0.486 e. The van der Waals surface area contributed by atoms with E-state index in [9.17, 15) is 4.79 Å². The van der Waals surface area contributed by atoms with Crippen molar-refractivity contribution in [2.24, 2.45) is 0 Å². The highest BCUT2D eigenvalue weighted by atomic mass is 32.1. The van der Waals surface area contributed by atoms with Crippen LogP contribution in [0.3, 0.4) is 0 Å². The number of carbonyl (C=O) groups excluding carboxylic acids is 1. The summed E-state index contributed by atoms with van der Waals surface area (Å²) in [5.41, 5.74) is 8.26. The van der Waals surface area contributed by atoms with Crippen molar-refractivity contribution in [3.8, 4) is 22.6 Å². The van der Waals surface area contributed by atoms with Crippen molar-refractivity contribution in [1.29, 1.82) is 0 Å². The molecule has 5 nitrogen and oxygen atoms in total. The van der Waals surface area contributed by atoms with Crippen LogP contribution in [0.15, 0.2) is 23.6 Å². The molecule has 1 amide bonds. The summed E-state index contributed by atoms with van der Waals surface area (Å²) in [6, 6.07) is 5.68. The average Bonchev–Trinajstić information content (AvgIpc) is 2.94. The van der Waals surface area contributed by atoms with Gasteiger partial charge in [-0.3, -0.25) is 4.79 Å². The number of anilines is 1. The fourth-order valence-electron chi connectivity index (χ4n) is 2.36. The SMILES string of the molecule is CCCNC(=O)c1c(-c2ccc3c(c2)OCCO3)csc1N. The van der Waals surface area contributed by atoms with E-state index < -0.39 is 0 Å². The van der Waals surface area contributed by atoms with Crippen molar-refractivity contribution in [3.05, 3.63) is 29.1 Å². The first-order valence-electron chi connectivity index (χ1n) is 7.26. The van der Waals surface area contributed by atoms with Gasteiger partial charge < -0.3 is 20.5 Å². The van der Waals surface area contributed by atoms with Gasteiger partial charge in [0, 0.05) is 17.5 Å². The number of nitrogens with one attached hydrogen (secondary N) is 1. The molecule has 1 aromatic heterocycles. The molecule has 1 aliphatic rings. The van der Waals surface area contributed by atoms with Crippen LogP contribution < -0.4 is 20.5 Å². The summed E-state index contributed by atoms with van der Waals surface area (Å²) in [6.45, 7) is 3.74. The van der Waals surface area contributed by atoms with E-state index in [0.29, 0.717) is 36.1 Å². The number of ether oxygens (including phenoxy) is 2. The van der Waals surface area contributed by atoms with Crippen LogP contribution in [0.2, 0.25) is 0 Å². The van der Waals surface area contributed by atoms with Gasteiger partial charge in [0.2, 0.25) is 0 Å². The summed E-state index contributed by atoms with van der Waals surface area (Å²) >= 11 is 1.37. The van der Waals surface area contributed by atoms with Crippen molar-refractivity contribution in [1.82, 2.24) is 5.32 Å². The molecule has 3 rings (SSSR count). The minimum absolute atomic E-state index is 0.134. The maximum atomic E-state index is 12.3. The lowest BCUT2D eigenvalue weighted by Gasteiger charge is -2.19. The van der Waals surface area contributed by atoms with Crippen LogP contribution in [0.4, 0.5) is 5.00 Å². The summed E-state index contributed by atoms with van der Waals surface area (Å²) in [5, 5.41) is 5.31. The highest BCUT2D eigenvalue weighted by molar-refractivity contribution is 7.15. The van der Waals surface area contributed by atoms with Gasteiger partial charge in [0.15, 0.2) is 11.5 Å². The van der Waals surface area contributed by atoms with Crippen LogP contribution in [0.1, 0.15) is 23.7 Å². The molecule has 0 saturated carbocycles. The van der Waals surface area contributed by atoms with Crippen molar-refractivity contribution in [3.63, 3.8) is 0 Å². The molecule has 0 bridgehead atoms. The van der Waals surface area contributed by atoms with Crippen molar-refractivity contribution in [2.75, 3.05) is 25.5 Å². The van der Waals surface area contributed by atoms with E-state index >= 15 is 0 Å². The van der Waals surface area contributed by atoms with E-state index in [-0.39, 0.29) is 5.91 Å². The molecule has 0 atom stereocenters. The molecule has 6 heteroatoms. The normalized spacial score (nSPS) is 13.0. The summed E-state index contributed by atoms with van der Waals surface area (Å²) < 4.78 is 11.1. The van der Waals surface area contributed by atoms with Crippen molar-refractivity contribution < 1.29 is 14.3 Å². The number of benzene rings is 1. The second-order valence-corrected chi connectivity index (χ2v) is 5.91. The predicted molar refractivity (Wildman–Crippen MR) is 87.8 cm³/mol. The molecule has 0 aliphatic carbocycles. The number of hydrogen-bond acceptors (Lipinski definition) is 5. The van der Waals surface area contributed by atoms with Crippen LogP contribution in [0.5, 0.6) is 11.5 Å². The molecule has 0 spiro atoms. The van der Waals surface area contributed by atoms with E-state index in [1.54, 1.807) is 0 Å². The van der Waals surface area contributed by atoms with Gasteiger partial charge in [-0.05, 0) is 24.1 Å². The molecule has 1 aliphatic heterocycles. The smallest absolute Gasteiger partial charge is 0.254 e. The lowest BCUT2D eigenvalue weighted by atomic mass is 10.0. The number of nitrogens with two attached hydrogens (primary N) is 1. The number of fused-ring (bicyclic) bond motifs is 1. The van der Waals surface area contributed by atoms with E-state index in [1.807, 2.05) is 30.5 Å². The van der Waals surface area contributed by atoms with Crippen LogP contribution in [0.25, 0.3) is 11.1 Å². The fourth-order valence-corrected chi connectivity index (χ4v) is 3.18. The van der Waals surface area contributed by atoms with E-state index in [1.165, 1.54) is 11.3 Å². The highest BCUT2D eigenvalue weighted by Gasteiger charge is 2.20. The molecule has 0 radical (unpaired) electrons. The molecule has 2 heterocycles. The first-order chi connectivity index (χ1) is 10.7. The zero-order valence-electron chi connectivity index (χ0n) is 12.3. The quantitative estimate of drug-likeness (QED) is 0.909. The van der Waals surface area contributed by atoms with Crippen LogP contribution in [-0.2, 0) is 0 Å². The number of nitrogen functional groups attached to an aromatic ring is 1. The Balaban J connectivity index is 1.97. The molecule has 0 saturated heterocycles. The van der Waals surface area contributed by atoms with Gasteiger partial charge in [0.05, 0.1) is 10.6 Å². The number of carbonyl (C=O) groups is 1. The van der Waals surface area contributed by atoms with Gasteiger partial charge in [-0.2, -0.15) is 0 Å². The van der Waals surface area contributed by atoms with Gasteiger partial charge in [-0.1, -0.05) is 13.0 Å². The Morgan fingerprint density at radius 3 is 2.86 bits per heavy atom. The second kappa shape index (κ2) is 6.27. The third kappa shape index (κ3) is 2.74. The maximum absolute atomic E-state index is 12.3. The molecule has 2 aromatic rings. The van der Waals surface area contributed by atoms with E-state index in [0.717, 1.165) is 23.3 Å².